The third kappa shape index (κ3) is 8.86. The van der Waals surface area contributed by atoms with E-state index in [0.717, 1.165) is 57.0 Å². The van der Waals surface area contributed by atoms with E-state index in [9.17, 15) is 9.18 Å². The molecule has 3 aliphatic rings. The first kappa shape index (κ1) is 34.2. The minimum Gasteiger partial charge on any atom is -0.493 e. The van der Waals surface area contributed by atoms with Crippen molar-refractivity contribution in [1.82, 2.24) is 9.80 Å². The van der Waals surface area contributed by atoms with Crippen LogP contribution >= 0.6 is 23.2 Å². The third-order valence-electron chi connectivity index (χ3n) is 7.92. The molecule has 0 bridgehead atoms. The Kier molecular flexibility index (Phi) is 13.5. The Hall–Kier alpha value is -2.30. The molecule has 232 valence electrons. The molecule has 1 N–H and O–H groups in total. The monoisotopic (exact) mass is 628 g/mol. The van der Waals surface area contributed by atoms with E-state index in [0.29, 0.717) is 47.9 Å². The van der Waals surface area contributed by atoms with E-state index in [2.05, 4.69) is 4.90 Å². The fourth-order valence-corrected chi connectivity index (χ4v) is 6.17. The number of nitrogens with zero attached hydrogens (tertiary/aromatic N) is 2. The standard InChI is InChI=1S/C29H34Cl2F2N2O3.CH4O.CH2O/c1-37-17-27(20-10-21(30)12-22(31)11-20)34-7-4-18(5-8-34)16-38-28-14-26(33)25(13-24(28)19-2-3-19)29(36)35-9-6-23(32)15-35;2*1-2/h10-14,18-19,23,27H,2-9,15-17H2,1H3;2H,1H3;1H2. The van der Waals surface area contributed by atoms with E-state index in [-0.39, 0.29) is 24.1 Å². The first-order valence-corrected chi connectivity index (χ1v) is 14.9. The normalized spacial score (nSPS) is 19.8. The molecule has 5 rings (SSSR count). The predicted octanol–water partition coefficient (Wildman–Crippen LogP) is 6.10. The largest absolute Gasteiger partial charge is 0.493 e. The highest BCUT2D eigenvalue weighted by molar-refractivity contribution is 6.34. The fourth-order valence-electron chi connectivity index (χ4n) is 5.62. The Bertz CT molecular complexity index is 1160. The topological polar surface area (TPSA) is 79.3 Å². The number of benzene rings is 2. The molecule has 2 saturated heterocycles. The number of amides is 1. The molecular formula is C31H40Cl2F2N2O5. The van der Waals surface area contributed by atoms with Crippen molar-refractivity contribution >= 4 is 35.9 Å². The molecule has 42 heavy (non-hydrogen) atoms. The Morgan fingerprint density at radius 1 is 1.02 bits per heavy atom. The second kappa shape index (κ2) is 16.5. The molecule has 2 aliphatic heterocycles. The van der Waals surface area contributed by atoms with Crippen LogP contribution in [0.2, 0.25) is 10.0 Å². The zero-order chi connectivity index (χ0) is 30.8. The van der Waals surface area contributed by atoms with Crippen molar-refractivity contribution < 1.29 is 33.0 Å². The summed E-state index contributed by atoms with van der Waals surface area (Å²) in [7, 11) is 2.69. The van der Waals surface area contributed by atoms with Gasteiger partial charge in [0.05, 0.1) is 31.4 Å². The predicted molar refractivity (Wildman–Crippen MR) is 160 cm³/mol. The smallest absolute Gasteiger partial charge is 0.256 e. The van der Waals surface area contributed by atoms with E-state index in [4.69, 9.17) is 42.6 Å². The molecule has 1 amide bonds. The van der Waals surface area contributed by atoms with Crippen LogP contribution in [0.15, 0.2) is 30.3 Å². The zero-order valence-corrected chi connectivity index (χ0v) is 25.7. The summed E-state index contributed by atoms with van der Waals surface area (Å²) in [6.07, 6.45) is 3.14. The van der Waals surface area contributed by atoms with Crippen LogP contribution in [0.4, 0.5) is 8.78 Å². The molecule has 2 heterocycles. The van der Waals surface area contributed by atoms with E-state index < -0.39 is 17.9 Å². The number of hydrogen-bond donors (Lipinski definition) is 1. The van der Waals surface area contributed by atoms with Gasteiger partial charge in [0, 0.05) is 36.9 Å². The van der Waals surface area contributed by atoms with Crippen molar-refractivity contribution in [3.63, 3.8) is 0 Å². The Morgan fingerprint density at radius 2 is 1.67 bits per heavy atom. The molecule has 2 atom stereocenters. The number of carbonyl (C=O) groups excluding carboxylic acids is 2. The first-order chi connectivity index (χ1) is 20.3. The highest BCUT2D eigenvalue weighted by atomic mass is 35.5. The summed E-state index contributed by atoms with van der Waals surface area (Å²) in [6, 6.07) is 8.66. The number of methoxy groups -OCH3 is 1. The van der Waals surface area contributed by atoms with Gasteiger partial charge in [-0.05, 0) is 92.4 Å². The van der Waals surface area contributed by atoms with Gasteiger partial charge in [-0.3, -0.25) is 9.69 Å². The summed E-state index contributed by atoms with van der Waals surface area (Å²) in [4.78, 5) is 24.6. The number of hydrogen-bond acceptors (Lipinski definition) is 6. The van der Waals surface area contributed by atoms with Crippen molar-refractivity contribution in [3.05, 3.63) is 62.9 Å². The molecule has 0 spiro atoms. The lowest BCUT2D eigenvalue weighted by atomic mass is 9.95. The number of halogens is 4. The SMILES string of the molecule is C=O.CO.COCC(c1cc(Cl)cc(Cl)c1)N1CCC(COc2cc(F)c(C(=O)N3CCC(F)C3)cc2C2CC2)CC1. The second-order valence-electron chi connectivity index (χ2n) is 10.7. The summed E-state index contributed by atoms with van der Waals surface area (Å²) >= 11 is 12.5. The van der Waals surface area contributed by atoms with Crippen molar-refractivity contribution in [2.45, 2.75) is 50.2 Å². The maximum Gasteiger partial charge on any atom is 0.256 e. The average molecular weight is 630 g/mol. The molecule has 2 unspecified atom stereocenters. The van der Waals surface area contributed by atoms with Crippen molar-refractivity contribution in [2.75, 3.05) is 53.6 Å². The zero-order valence-electron chi connectivity index (χ0n) is 24.2. The molecule has 1 aliphatic carbocycles. The first-order valence-electron chi connectivity index (χ1n) is 14.1. The molecule has 0 aromatic heterocycles. The van der Waals surface area contributed by atoms with Crippen LogP contribution in [0.5, 0.6) is 5.75 Å². The van der Waals surface area contributed by atoms with Gasteiger partial charge >= 0.3 is 0 Å². The molecule has 2 aromatic carbocycles. The molecular weight excluding hydrogens is 589 g/mol. The second-order valence-corrected chi connectivity index (χ2v) is 11.6. The van der Waals surface area contributed by atoms with Gasteiger partial charge in [-0.2, -0.15) is 0 Å². The lowest BCUT2D eigenvalue weighted by Crippen LogP contribution is -2.39. The Balaban J connectivity index is 0.00000116. The van der Waals surface area contributed by atoms with Gasteiger partial charge in [-0.15, -0.1) is 0 Å². The lowest BCUT2D eigenvalue weighted by Gasteiger charge is -2.37. The number of alkyl halides is 1. The van der Waals surface area contributed by atoms with Gasteiger partial charge in [-0.25, -0.2) is 8.78 Å². The number of piperidine rings is 1. The number of carbonyl (C=O) groups is 2. The summed E-state index contributed by atoms with van der Waals surface area (Å²) in [6.45, 7) is 5.13. The number of likely N-dealkylation sites (tertiary alicyclic amines) is 2. The number of ether oxygens (including phenoxy) is 2. The summed E-state index contributed by atoms with van der Waals surface area (Å²) in [5.41, 5.74) is 1.95. The Labute approximate surface area is 256 Å². The molecule has 3 fully saturated rings. The van der Waals surface area contributed by atoms with Gasteiger partial charge in [0.15, 0.2) is 0 Å². The number of aliphatic hydroxyl groups is 1. The maximum absolute atomic E-state index is 15.1. The highest BCUT2D eigenvalue weighted by Gasteiger charge is 2.33. The fraction of sp³-hybridized carbons (Fsp3) is 0.548. The van der Waals surface area contributed by atoms with Gasteiger partial charge < -0.3 is 24.3 Å². The van der Waals surface area contributed by atoms with Crippen LogP contribution in [0, 0.1) is 11.7 Å². The van der Waals surface area contributed by atoms with Gasteiger partial charge in [0.25, 0.3) is 5.91 Å². The number of aliphatic hydroxyl groups excluding tert-OH is 1. The maximum atomic E-state index is 15.1. The minimum absolute atomic E-state index is 0.0203. The summed E-state index contributed by atoms with van der Waals surface area (Å²) in [5, 5.41) is 8.21. The third-order valence-corrected chi connectivity index (χ3v) is 8.36. The molecule has 1 saturated carbocycles. The molecule has 11 heteroatoms. The van der Waals surface area contributed by atoms with Gasteiger partial charge in [0.2, 0.25) is 0 Å². The van der Waals surface area contributed by atoms with Crippen molar-refractivity contribution in [2.24, 2.45) is 5.92 Å². The molecule has 0 radical (unpaired) electrons. The van der Waals surface area contributed by atoms with Crippen LogP contribution in [0.1, 0.15) is 65.5 Å². The van der Waals surface area contributed by atoms with Crippen molar-refractivity contribution in [1.29, 1.82) is 0 Å². The highest BCUT2D eigenvalue weighted by Crippen LogP contribution is 2.45. The van der Waals surface area contributed by atoms with Gasteiger partial charge in [-0.1, -0.05) is 23.2 Å². The van der Waals surface area contributed by atoms with E-state index >= 15 is 4.39 Å². The number of rotatable bonds is 9. The van der Waals surface area contributed by atoms with Crippen molar-refractivity contribution in [3.8, 4) is 5.75 Å². The lowest BCUT2D eigenvalue weighted by molar-refractivity contribution is -0.0980. The van der Waals surface area contributed by atoms with Crippen LogP contribution in [-0.4, -0.2) is 87.4 Å². The summed E-state index contributed by atoms with van der Waals surface area (Å²) in [5.74, 6) is 0.106. The minimum atomic E-state index is -1.04. The van der Waals surface area contributed by atoms with E-state index in [1.165, 1.54) is 11.0 Å². The van der Waals surface area contributed by atoms with Crippen LogP contribution < -0.4 is 4.74 Å². The molecule has 7 nitrogen and oxygen atoms in total. The Morgan fingerprint density at radius 3 is 2.21 bits per heavy atom. The van der Waals surface area contributed by atoms with E-state index in [1.54, 1.807) is 19.2 Å². The summed E-state index contributed by atoms with van der Waals surface area (Å²) < 4.78 is 40.4. The van der Waals surface area contributed by atoms with Crippen LogP contribution in [0.25, 0.3) is 0 Å². The van der Waals surface area contributed by atoms with Crippen LogP contribution in [0.3, 0.4) is 0 Å². The van der Waals surface area contributed by atoms with E-state index in [1.807, 2.05) is 18.9 Å². The van der Waals surface area contributed by atoms with Crippen LogP contribution in [-0.2, 0) is 9.53 Å². The quantitative estimate of drug-likeness (QED) is 0.362. The molecule has 2 aromatic rings. The van der Waals surface area contributed by atoms with Gasteiger partial charge in [0.1, 0.15) is 24.5 Å². The average Bonchev–Trinajstić information content (AvgIpc) is 3.75.